The van der Waals surface area contributed by atoms with Crippen LogP contribution in [0.5, 0.6) is 0 Å². The van der Waals surface area contributed by atoms with Crippen molar-refractivity contribution >= 4 is 38.2 Å². The van der Waals surface area contributed by atoms with Gasteiger partial charge in [0, 0.05) is 42.6 Å². The maximum Gasteiger partial charge on any atom is 0.264 e. The largest absolute Gasteiger partial charge is 0.335 e. The quantitative estimate of drug-likeness (QED) is 0.543. The van der Waals surface area contributed by atoms with E-state index in [0.717, 1.165) is 28.7 Å². The first-order chi connectivity index (χ1) is 15.4. The number of aryl methyl sites for hydroxylation is 3. The van der Waals surface area contributed by atoms with Crippen LogP contribution in [0.3, 0.4) is 0 Å². The molecule has 1 fully saturated rings. The van der Waals surface area contributed by atoms with Crippen molar-refractivity contribution in [1.82, 2.24) is 14.2 Å². The van der Waals surface area contributed by atoms with E-state index < -0.39 is 10.0 Å². The van der Waals surface area contributed by atoms with Crippen LogP contribution in [-0.2, 0) is 22.9 Å². The number of piperazine rings is 1. The van der Waals surface area contributed by atoms with Crippen molar-refractivity contribution < 1.29 is 13.2 Å². The molecule has 0 atom stereocenters. The summed E-state index contributed by atoms with van der Waals surface area (Å²) in [4.78, 5) is 21.7. The van der Waals surface area contributed by atoms with Gasteiger partial charge in [-0.1, -0.05) is 18.6 Å². The van der Waals surface area contributed by atoms with Gasteiger partial charge in [-0.2, -0.15) is 4.31 Å². The second-order valence-electron chi connectivity index (χ2n) is 8.66. The molecule has 0 saturated carbocycles. The second kappa shape index (κ2) is 8.57. The number of pyridine rings is 1. The summed E-state index contributed by atoms with van der Waals surface area (Å²) in [5.74, 6) is 0.0300. The molecule has 1 saturated heterocycles. The van der Waals surface area contributed by atoms with Crippen LogP contribution in [0.2, 0.25) is 0 Å². The predicted octanol–water partition coefficient (Wildman–Crippen LogP) is 4.02. The van der Waals surface area contributed by atoms with Gasteiger partial charge in [0.1, 0.15) is 4.90 Å². The molecular formula is C24H27N3O3S2. The number of para-hydroxylation sites is 1. The predicted molar refractivity (Wildman–Crippen MR) is 127 cm³/mol. The topological polar surface area (TPSA) is 70.6 Å². The molecule has 5 rings (SSSR count). The van der Waals surface area contributed by atoms with Gasteiger partial charge in [0.2, 0.25) is 10.0 Å². The number of rotatable bonds is 3. The normalized spacial score (nSPS) is 17.8. The molecule has 0 bridgehead atoms. The number of thiophene rings is 1. The Labute approximate surface area is 192 Å². The summed E-state index contributed by atoms with van der Waals surface area (Å²) in [6, 6.07) is 9.28. The SMILES string of the molecule is Cc1cnc2c(S(=O)(=O)N3CCN(C(=O)c4cc5c(s4)CCCCC5)CC3)cccc2c1. The number of amides is 1. The Balaban J connectivity index is 1.32. The lowest BCUT2D eigenvalue weighted by atomic mass is 10.1. The summed E-state index contributed by atoms with van der Waals surface area (Å²) >= 11 is 1.62. The zero-order valence-electron chi connectivity index (χ0n) is 18.2. The third kappa shape index (κ3) is 3.95. The maximum atomic E-state index is 13.4. The Morgan fingerprint density at radius 1 is 1.03 bits per heavy atom. The van der Waals surface area contributed by atoms with E-state index in [0.29, 0.717) is 31.7 Å². The molecule has 0 unspecified atom stereocenters. The molecule has 0 N–H and O–H groups in total. The smallest absolute Gasteiger partial charge is 0.264 e. The summed E-state index contributed by atoms with van der Waals surface area (Å²) in [5, 5.41) is 0.817. The lowest BCUT2D eigenvalue weighted by molar-refractivity contribution is 0.0702. The third-order valence-corrected chi connectivity index (χ3v) is 9.57. The summed E-state index contributed by atoms with van der Waals surface area (Å²) in [6.07, 6.45) is 7.46. The lowest BCUT2D eigenvalue weighted by Crippen LogP contribution is -2.50. The van der Waals surface area contributed by atoms with E-state index in [9.17, 15) is 13.2 Å². The Morgan fingerprint density at radius 2 is 1.81 bits per heavy atom. The summed E-state index contributed by atoms with van der Waals surface area (Å²) in [5.41, 5.74) is 2.82. The standard InChI is InChI=1S/C24H27N3O3S2/c1-17-14-19-7-5-9-22(23(19)25-16-17)32(29,30)27-12-10-26(11-13-27)24(28)21-15-18-6-3-2-4-8-20(18)31-21/h5,7,9,14-16H,2-4,6,8,10-13H2,1H3. The van der Waals surface area contributed by atoms with Crippen molar-refractivity contribution in [2.24, 2.45) is 0 Å². The minimum Gasteiger partial charge on any atom is -0.335 e. The Hall–Kier alpha value is -2.29. The minimum absolute atomic E-state index is 0.0300. The molecule has 0 spiro atoms. The molecule has 1 aromatic carbocycles. The van der Waals surface area contributed by atoms with E-state index in [-0.39, 0.29) is 10.8 Å². The Kier molecular flexibility index (Phi) is 5.77. The van der Waals surface area contributed by atoms with E-state index in [4.69, 9.17) is 0 Å². The van der Waals surface area contributed by atoms with Gasteiger partial charge < -0.3 is 4.90 Å². The number of carbonyl (C=O) groups is 1. The number of sulfonamides is 1. The highest BCUT2D eigenvalue weighted by Crippen LogP contribution is 2.30. The molecule has 168 valence electrons. The highest BCUT2D eigenvalue weighted by atomic mass is 32.2. The van der Waals surface area contributed by atoms with E-state index in [1.807, 2.05) is 19.1 Å². The number of nitrogens with zero attached hydrogens (tertiary/aromatic N) is 3. The number of hydrogen-bond acceptors (Lipinski definition) is 5. The minimum atomic E-state index is -3.69. The van der Waals surface area contributed by atoms with Gasteiger partial charge in [-0.3, -0.25) is 9.78 Å². The molecule has 3 heterocycles. The summed E-state index contributed by atoms with van der Waals surface area (Å²) in [6.45, 7) is 3.33. The lowest BCUT2D eigenvalue weighted by Gasteiger charge is -2.33. The molecule has 6 nitrogen and oxygen atoms in total. The zero-order valence-corrected chi connectivity index (χ0v) is 19.8. The van der Waals surface area contributed by atoms with Crippen LogP contribution in [0.25, 0.3) is 10.9 Å². The second-order valence-corrected chi connectivity index (χ2v) is 11.7. The fourth-order valence-corrected chi connectivity index (χ4v) is 7.46. The van der Waals surface area contributed by atoms with Crippen LogP contribution in [0.1, 0.15) is 44.9 Å². The van der Waals surface area contributed by atoms with E-state index in [1.165, 1.54) is 34.0 Å². The molecule has 1 aliphatic carbocycles. The van der Waals surface area contributed by atoms with Gasteiger partial charge >= 0.3 is 0 Å². The fraction of sp³-hybridized carbons (Fsp3) is 0.417. The number of aromatic nitrogens is 1. The van der Waals surface area contributed by atoms with Gasteiger partial charge in [0.25, 0.3) is 5.91 Å². The Bertz CT molecular complexity index is 1250. The average Bonchev–Trinajstić information content (AvgIpc) is 3.08. The van der Waals surface area contributed by atoms with Gasteiger partial charge in [-0.05, 0) is 61.9 Å². The van der Waals surface area contributed by atoms with Gasteiger partial charge in [0.15, 0.2) is 0 Å². The fourth-order valence-electron chi connectivity index (χ4n) is 4.65. The average molecular weight is 470 g/mol. The monoisotopic (exact) mass is 469 g/mol. The summed E-state index contributed by atoms with van der Waals surface area (Å²) in [7, 11) is -3.69. The van der Waals surface area contributed by atoms with Gasteiger partial charge in [-0.25, -0.2) is 8.42 Å². The first-order valence-corrected chi connectivity index (χ1v) is 13.5. The zero-order chi connectivity index (χ0) is 22.3. The maximum absolute atomic E-state index is 13.4. The number of hydrogen-bond donors (Lipinski definition) is 0. The van der Waals surface area contributed by atoms with Crippen LogP contribution >= 0.6 is 11.3 Å². The number of fused-ring (bicyclic) bond motifs is 2. The molecule has 1 aliphatic heterocycles. The van der Waals surface area contributed by atoms with Crippen molar-refractivity contribution in [2.75, 3.05) is 26.2 Å². The first kappa shape index (κ1) is 21.6. The molecule has 3 aromatic rings. The van der Waals surface area contributed by atoms with Crippen LogP contribution in [0, 0.1) is 6.92 Å². The third-order valence-electron chi connectivity index (χ3n) is 6.41. The molecule has 0 radical (unpaired) electrons. The van der Waals surface area contributed by atoms with Gasteiger partial charge in [0.05, 0.1) is 10.4 Å². The van der Waals surface area contributed by atoms with Crippen LogP contribution in [0.15, 0.2) is 41.4 Å². The van der Waals surface area contributed by atoms with Crippen molar-refractivity contribution in [3.8, 4) is 0 Å². The number of benzene rings is 1. The summed E-state index contributed by atoms with van der Waals surface area (Å²) < 4.78 is 28.2. The Morgan fingerprint density at radius 3 is 2.62 bits per heavy atom. The molecule has 32 heavy (non-hydrogen) atoms. The number of carbonyl (C=O) groups excluding carboxylic acids is 1. The van der Waals surface area contributed by atoms with Gasteiger partial charge in [-0.15, -0.1) is 11.3 Å². The molecule has 2 aromatic heterocycles. The van der Waals surface area contributed by atoms with E-state index in [1.54, 1.807) is 34.6 Å². The van der Waals surface area contributed by atoms with E-state index in [2.05, 4.69) is 11.1 Å². The van der Waals surface area contributed by atoms with Crippen molar-refractivity contribution in [2.45, 2.75) is 43.9 Å². The highest BCUT2D eigenvalue weighted by molar-refractivity contribution is 7.89. The highest BCUT2D eigenvalue weighted by Gasteiger charge is 2.32. The van der Waals surface area contributed by atoms with E-state index >= 15 is 0 Å². The molecule has 8 heteroatoms. The van der Waals surface area contributed by atoms with Crippen LogP contribution < -0.4 is 0 Å². The van der Waals surface area contributed by atoms with Crippen LogP contribution in [-0.4, -0.2) is 54.7 Å². The molecule has 1 amide bonds. The molecule has 2 aliphatic rings. The van der Waals surface area contributed by atoms with Crippen LogP contribution in [0.4, 0.5) is 0 Å². The van der Waals surface area contributed by atoms with Crippen molar-refractivity contribution in [1.29, 1.82) is 0 Å². The molecular weight excluding hydrogens is 442 g/mol. The first-order valence-electron chi connectivity index (χ1n) is 11.2. The van der Waals surface area contributed by atoms with Crippen molar-refractivity contribution in [3.63, 3.8) is 0 Å². The van der Waals surface area contributed by atoms with Crippen molar-refractivity contribution in [3.05, 3.63) is 57.4 Å².